The van der Waals surface area contributed by atoms with Gasteiger partial charge in [-0.05, 0) is 28.1 Å². The Balaban J connectivity index is 1.48. The lowest BCUT2D eigenvalue weighted by Crippen LogP contribution is -2.57. The van der Waals surface area contributed by atoms with Crippen molar-refractivity contribution in [1.29, 1.82) is 0 Å². The number of nitrogens with zero attached hydrogens (tertiary/aromatic N) is 5. The third-order valence-corrected chi connectivity index (χ3v) is 5.48. The SMILES string of the molecule is COc1cc(C(=O)N2CCN(c3ccc([N+](=O)[O-])nc3)C[C@@H]2CO)ncc1Oc1ccccc1. The van der Waals surface area contributed by atoms with Crippen LogP contribution in [0, 0.1) is 10.1 Å². The molecule has 176 valence electrons. The minimum absolute atomic E-state index is 0.168. The van der Waals surface area contributed by atoms with Crippen LogP contribution in [0.15, 0.2) is 60.9 Å². The number of carbonyl (C=O) groups excluding carboxylic acids is 1. The van der Waals surface area contributed by atoms with Crippen molar-refractivity contribution in [3.05, 3.63) is 76.7 Å². The van der Waals surface area contributed by atoms with E-state index in [9.17, 15) is 20.0 Å². The van der Waals surface area contributed by atoms with Crippen LogP contribution in [0.5, 0.6) is 17.2 Å². The van der Waals surface area contributed by atoms with Gasteiger partial charge in [0.2, 0.25) is 0 Å². The highest BCUT2D eigenvalue weighted by Crippen LogP contribution is 2.31. The summed E-state index contributed by atoms with van der Waals surface area (Å²) in [6, 6.07) is 13.1. The molecule has 0 radical (unpaired) electrons. The van der Waals surface area contributed by atoms with E-state index in [1.165, 1.54) is 31.6 Å². The lowest BCUT2D eigenvalue weighted by molar-refractivity contribution is -0.389. The molecule has 0 saturated carbocycles. The summed E-state index contributed by atoms with van der Waals surface area (Å²) in [5.41, 5.74) is 0.847. The molecule has 0 unspecified atom stereocenters. The second kappa shape index (κ2) is 10.1. The predicted molar refractivity (Wildman–Crippen MR) is 122 cm³/mol. The van der Waals surface area contributed by atoms with Crippen LogP contribution < -0.4 is 14.4 Å². The third-order valence-electron chi connectivity index (χ3n) is 5.48. The summed E-state index contributed by atoms with van der Waals surface area (Å²) in [7, 11) is 1.48. The van der Waals surface area contributed by atoms with Crippen molar-refractivity contribution in [2.24, 2.45) is 0 Å². The van der Waals surface area contributed by atoms with Gasteiger partial charge in [0, 0.05) is 31.8 Å². The molecule has 3 aromatic rings. The van der Waals surface area contributed by atoms with Crippen molar-refractivity contribution in [1.82, 2.24) is 14.9 Å². The number of rotatable bonds is 7. The van der Waals surface area contributed by atoms with Gasteiger partial charge in [0.25, 0.3) is 5.91 Å². The Labute approximate surface area is 195 Å². The minimum Gasteiger partial charge on any atom is -0.493 e. The number of carbonyl (C=O) groups is 1. The molecule has 1 aliphatic heterocycles. The number of methoxy groups -OCH3 is 1. The molecular weight excluding hydrogens is 442 g/mol. The van der Waals surface area contributed by atoms with E-state index in [1.54, 1.807) is 23.1 Å². The highest BCUT2D eigenvalue weighted by atomic mass is 16.6. The van der Waals surface area contributed by atoms with E-state index < -0.39 is 11.0 Å². The van der Waals surface area contributed by atoms with E-state index in [-0.39, 0.29) is 24.0 Å². The maximum absolute atomic E-state index is 13.2. The Morgan fingerprint density at radius 2 is 1.94 bits per heavy atom. The topological polar surface area (TPSA) is 131 Å². The first-order chi connectivity index (χ1) is 16.5. The number of hydrogen-bond donors (Lipinski definition) is 1. The molecule has 1 saturated heterocycles. The van der Waals surface area contributed by atoms with Gasteiger partial charge >= 0.3 is 5.82 Å². The van der Waals surface area contributed by atoms with Crippen molar-refractivity contribution in [2.45, 2.75) is 6.04 Å². The van der Waals surface area contributed by atoms with Gasteiger partial charge in [-0.3, -0.25) is 4.79 Å². The van der Waals surface area contributed by atoms with Gasteiger partial charge < -0.3 is 34.5 Å². The first-order valence-corrected chi connectivity index (χ1v) is 10.5. The van der Waals surface area contributed by atoms with Crippen LogP contribution in [0.3, 0.4) is 0 Å². The van der Waals surface area contributed by atoms with Gasteiger partial charge in [-0.2, -0.15) is 0 Å². The molecule has 1 aromatic carbocycles. The molecule has 11 heteroatoms. The lowest BCUT2D eigenvalue weighted by atomic mass is 10.1. The molecule has 1 N–H and O–H groups in total. The van der Waals surface area contributed by atoms with Crippen LogP contribution in [0.1, 0.15) is 10.5 Å². The van der Waals surface area contributed by atoms with Gasteiger partial charge in [-0.1, -0.05) is 18.2 Å². The fourth-order valence-corrected chi connectivity index (χ4v) is 3.73. The number of piperazine rings is 1. The number of aromatic nitrogens is 2. The van der Waals surface area contributed by atoms with Crippen molar-refractivity contribution in [3.8, 4) is 17.2 Å². The highest BCUT2D eigenvalue weighted by molar-refractivity contribution is 5.93. The number of nitro groups is 1. The van der Waals surface area contributed by atoms with Crippen molar-refractivity contribution in [2.75, 3.05) is 38.3 Å². The number of benzene rings is 1. The summed E-state index contributed by atoms with van der Waals surface area (Å²) < 4.78 is 11.2. The molecule has 1 fully saturated rings. The Morgan fingerprint density at radius 1 is 1.15 bits per heavy atom. The zero-order chi connectivity index (χ0) is 24.1. The first kappa shape index (κ1) is 22.9. The maximum atomic E-state index is 13.2. The summed E-state index contributed by atoms with van der Waals surface area (Å²) in [6.45, 7) is 0.879. The standard InChI is InChI=1S/C23H23N5O6/c1-33-20-11-19(24-13-21(20)34-18-5-3-2-4-6-18)23(30)27-10-9-26(14-17(27)15-29)16-7-8-22(25-12-16)28(31)32/h2-8,11-13,17,29H,9-10,14-15H2,1H3/t17-/m1/s1. The molecule has 1 aliphatic rings. The van der Waals surface area contributed by atoms with Gasteiger partial charge in [-0.25, -0.2) is 4.98 Å². The minimum atomic E-state index is -0.561. The Morgan fingerprint density at radius 3 is 2.59 bits per heavy atom. The van der Waals surface area contributed by atoms with E-state index >= 15 is 0 Å². The van der Waals surface area contributed by atoms with Gasteiger partial charge in [0.15, 0.2) is 17.7 Å². The molecule has 1 atom stereocenters. The molecule has 1 amide bonds. The van der Waals surface area contributed by atoms with E-state index in [1.807, 2.05) is 23.1 Å². The fourth-order valence-electron chi connectivity index (χ4n) is 3.73. The number of hydrogen-bond acceptors (Lipinski definition) is 9. The van der Waals surface area contributed by atoms with E-state index in [4.69, 9.17) is 9.47 Å². The van der Waals surface area contributed by atoms with Crippen molar-refractivity contribution >= 4 is 17.4 Å². The summed E-state index contributed by atoms with van der Waals surface area (Å²) in [4.78, 5) is 35.1. The summed E-state index contributed by atoms with van der Waals surface area (Å²) >= 11 is 0. The first-order valence-electron chi connectivity index (χ1n) is 10.5. The highest BCUT2D eigenvalue weighted by Gasteiger charge is 2.32. The van der Waals surface area contributed by atoms with E-state index in [0.29, 0.717) is 42.6 Å². The number of pyridine rings is 2. The molecule has 0 bridgehead atoms. The second-order valence-electron chi connectivity index (χ2n) is 7.55. The quantitative estimate of drug-likeness (QED) is 0.413. The normalized spacial score (nSPS) is 15.6. The van der Waals surface area contributed by atoms with Gasteiger partial charge in [-0.15, -0.1) is 0 Å². The molecule has 2 aromatic heterocycles. The number of ether oxygens (including phenoxy) is 2. The summed E-state index contributed by atoms with van der Waals surface area (Å²) in [6.07, 6.45) is 2.85. The Bertz CT molecular complexity index is 1160. The molecule has 0 aliphatic carbocycles. The van der Waals surface area contributed by atoms with E-state index in [0.717, 1.165) is 0 Å². The number of aliphatic hydroxyl groups excluding tert-OH is 1. The van der Waals surface area contributed by atoms with Crippen LogP contribution in [0.4, 0.5) is 11.5 Å². The van der Waals surface area contributed by atoms with Crippen molar-refractivity contribution in [3.63, 3.8) is 0 Å². The second-order valence-corrected chi connectivity index (χ2v) is 7.55. The zero-order valence-electron chi connectivity index (χ0n) is 18.4. The fraction of sp³-hybridized carbons (Fsp3) is 0.261. The third kappa shape index (κ3) is 4.89. The summed E-state index contributed by atoms with van der Waals surface area (Å²) in [5.74, 6) is 0.762. The summed E-state index contributed by atoms with van der Waals surface area (Å²) in [5, 5.41) is 20.8. The van der Waals surface area contributed by atoms with Crippen LogP contribution in [0.2, 0.25) is 0 Å². The average Bonchev–Trinajstić information content (AvgIpc) is 2.88. The molecule has 4 rings (SSSR count). The lowest BCUT2D eigenvalue weighted by Gasteiger charge is -2.41. The average molecular weight is 465 g/mol. The van der Waals surface area contributed by atoms with Gasteiger partial charge in [0.05, 0.1) is 31.6 Å². The monoisotopic (exact) mass is 465 g/mol. The Hall–Kier alpha value is -4.25. The molecule has 34 heavy (non-hydrogen) atoms. The largest absolute Gasteiger partial charge is 0.493 e. The molecule has 11 nitrogen and oxygen atoms in total. The zero-order valence-corrected chi connectivity index (χ0v) is 18.4. The smallest absolute Gasteiger partial charge is 0.363 e. The number of amides is 1. The van der Waals surface area contributed by atoms with Crippen LogP contribution >= 0.6 is 0 Å². The van der Waals surface area contributed by atoms with Gasteiger partial charge in [0.1, 0.15) is 11.4 Å². The van der Waals surface area contributed by atoms with Crippen LogP contribution in [-0.2, 0) is 0 Å². The van der Waals surface area contributed by atoms with Crippen molar-refractivity contribution < 1.29 is 24.3 Å². The molecule has 0 spiro atoms. The maximum Gasteiger partial charge on any atom is 0.363 e. The van der Waals surface area contributed by atoms with Crippen LogP contribution in [-0.4, -0.2) is 70.2 Å². The van der Waals surface area contributed by atoms with E-state index in [2.05, 4.69) is 9.97 Å². The molecule has 3 heterocycles. The molecular formula is C23H23N5O6. The Kier molecular flexibility index (Phi) is 6.83. The predicted octanol–water partition coefficient (Wildman–Crippen LogP) is 2.51. The van der Waals surface area contributed by atoms with Crippen LogP contribution in [0.25, 0.3) is 0 Å². The number of anilines is 1. The number of aliphatic hydroxyl groups is 1. The number of para-hydroxylation sites is 1.